The number of para-hydroxylation sites is 1. The molecule has 2 amide bonds. The number of carbonyl (C=O) groups is 2. The average Bonchev–Trinajstić information content (AvgIpc) is 3.53. The molecule has 14 heteroatoms. The van der Waals surface area contributed by atoms with Crippen molar-refractivity contribution >= 4 is 34.4 Å². The van der Waals surface area contributed by atoms with E-state index in [0.29, 0.717) is 41.2 Å². The third-order valence-electron chi connectivity index (χ3n) is 7.28. The molecule has 238 valence electrons. The Balaban J connectivity index is 1.54. The lowest BCUT2D eigenvalue weighted by Crippen LogP contribution is -2.40. The van der Waals surface area contributed by atoms with Crippen molar-refractivity contribution in [2.75, 3.05) is 23.3 Å². The fraction of sp³-hybridized carbons (Fsp3) is 0.387. The Morgan fingerprint density at radius 2 is 1.73 bits per heavy atom. The molecule has 0 aliphatic carbocycles. The van der Waals surface area contributed by atoms with E-state index >= 15 is 4.39 Å². The number of benzene rings is 2. The monoisotopic (exact) mass is 625 g/mol. The van der Waals surface area contributed by atoms with E-state index in [2.05, 4.69) is 15.7 Å². The van der Waals surface area contributed by atoms with Crippen LogP contribution in [-0.2, 0) is 11.8 Å². The van der Waals surface area contributed by atoms with Gasteiger partial charge in [-0.1, -0.05) is 19.9 Å². The van der Waals surface area contributed by atoms with E-state index in [-0.39, 0.29) is 28.9 Å². The van der Waals surface area contributed by atoms with Gasteiger partial charge in [-0.25, -0.2) is 22.9 Å². The number of hydrogen-bond donors (Lipinski definition) is 2. The molecular formula is C31H34F3N7O4. The first-order valence-electron chi connectivity index (χ1n) is 14.4. The van der Waals surface area contributed by atoms with Crippen molar-refractivity contribution in [3.05, 3.63) is 75.7 Å². The van der Waals surface area contributed by atoms with E-state index in [0.717, 1.165) is 30.3 Å². The lowest BCUT2D eigenvalue weighted by molar-refractivity contribution is 0.0509. The van der Waals surface area contributed by atoms with Gasteiger partial charge in [-0.05, 0) is 45.4 Å². The summed E-state index contributed by atoms with van der Waals surface area (Å²) in [5.74, 6) is -3.01. The molecule has 0 radical (unpaired) electrons. The average molecular weight is 626 g/mol. The van der Waals surface area contributed by atoms with Gasteiger partial charge in [-0.3, -0.25) is 9.59 Å². The highest BCUT2D eigenvalue weighted by atomic mass is 19.1. The summed E-state index contributed by atoms with van der Waals surface area (Å²) in [7, 11) is 1.71. The van der Waals surface area contributed by atoms with Gasteiger partial charge in [0.1, 0.15) is 33.8 Å². The predicted molar refractivity (Wildman–Crippen MR) is 162 cm³/mol. The molecule has 0 saturated carbocycles. The molecule has 1 aliphatic heterocycles. The predicted octanol–water partition coefficient (Wildman–Crippen LogP) is 5.02. The normalized spacial score (nSPS) is 15.2. The molecule has 5 rings (SSSR count). The number of aryl methyl sites for hydroxylation is 1. The summed E-state index contributed by atoms with van der Waals surface area (Å²) >= 11 is 0. The molecule has 4 aromatic rings. The summed E-state index contributed by atoms with van der Waals surface area (Å²) in [6, 6.07) is 5.98. The SMILES string of the molecule is CC(C)c1nc2c(N3CC[C@@H](NC(=O)OC(C)(C)C)C3)c(NC(=O)c3ccc(=O)n(-c4c(F)cccc4F)n3)cc(F)c2n1C. The number of nitrogens with zero attached hydrogens (tertiary/aromatic N) is 5. The second-order valence-electron chi connectivity index (χ2n) is 12.2. The van der Waals surface area contributed by atoms with Gasteiger partial charge in [0.05, 0.1) is 17.4 Å². The molecule has 45 heavy (non-hydrogen) atoms. The van der Waals surface area contributed by atoms with Crippen LogP contribution in [0, 0.1) is 17.5 Å². The third-order valence-corrected chi connectivity index (χ3v) is 7.28. The van der Waals surface area contributed by atoms with Crippen LogP contribution in [0.2, 0.25) is 0 Å². The number of anilines is 2. The van der Waals surface area contributed by atoms with E-state index in [9.17, 15) is 23.2 Å². The highest BCUT2D eigenvalue weighted by Crippen LogP contribution is 2.39. The van der Waals surface area contributed by atoms with Crippen molar-refractivity contribution in [3.63, 3.8) is 0 Å². The van der Waals surface area contributed by atoms with Crippen molar-refractivity contribution in [1.29, 1.82) is 0 Å². The molecule has 1 fully saturated rings. The maximum atomic E-state index is 15.7. The zero-order valence-electron chi connectivity index (χ0n) is 25.7. The second-order valence-corrected chi connectivity index (χ2v) is 12.2. The molecule has 2 aromatic carbocycles. The number of amides is 2. The van der Waals surface area contributed by atoms with Gasteiger partial charge in [0, 0.05) is 38.2 Å². The van der Waals surface area contributed by atoms with Crippen LogP contribution in [0.5, 0.6) is 0 Å². The van der Waals surface area contributed by atoms with Crippen molar-refractivity contribution in [1.82, 2.24) is 24.6 Å². The van der Waals surface area contributed by atoms with Crippen LogP contribution in [-0.4, -0.2) is 56.1 Å². The largest absolute Gasteiger partial charge is 0.444 e. The van der Waals surface area contributed by atoms with Gasteiger partial charge < -0.3 is 24.8 Å². The minimum atomic E-state index is -1.04. The Labute approximate surface area is 257 Å². The lowest BCUT2D eigenvalue weighted by Gasteiger charge is -2.24. The number of fused-ring (bicyclic) bond motifs is 1. The number of aromatic nitrogens is 4. The standard InChI is InChI=1S/C31H34F3N7O4/c1-16(2)28-37-24-26(39(28)6)20(34)14-22(27(24)40-13-12-17(15-40)35-30(44)45-31(3,4)5)36-29(43)21-10-11-23(42)41(38-21)25-18(32)8-7-9-19(25)33/h7-11,14,16-17H,12-13,15H2,1-6H3,(H,35,44)(H,36,43)/t17-/m1/s1. The van der Waals surface area contributed by atoms with Crippen LogP contribution in [0.1, 0.15) is 63.3 Å². The van der Waals surface area contributed by atoms with Crippen LogP contribution in [0.15, 0.2) is 41.2 Å². The maximum absolute atomic E-state index is 15.7. The van der Waals surface area contributed by atoms with E-state index < -0.39 is 46.3 Å². The van der Waals surface area contributed by atoms with Gasteiger partial charge in [0.25, 0.3) is 11.5 Å². The Hall–Kier alpha value is -4.88. The van der Waals surface area contributed by atoms with Crippen molar-refractivity contribution in [3.8, 4) is 5.69 Å². The molecule has 11 nitrogen and oxygen atoms in total. The number of carbonyl (C=O) groups excluding carboxylic acids is 2. The molecular weight excluding hydrogens is 591 g/mol. The quantitative estimate of drug-likeness (QED) is 0.309. The fourth-order valence-electron chi connectivity index (χ4n) is 5.40. The van der Waals surface area contributed by atoms with Crippen molar-refractivity contribution < 1.29 is 27.5 Å². The van der Waals surface area contributed by atoms with Crippen LogP contribution >= 0.6 is 0 Å². The summed E-state index contributed by atoms with van der Waals surface area (Å²) in [4.78, 5) is 45.1. The minimum absolute atomic E-state index is 0.0446. The summed E-state index contributed by atoms with van der Waals surface area (Å²) < 4.78 is 52.1. The first-order valence-corrected chi connectivity index (χ1v) is 14.4. The molecule has 2 N–H and O–H groups in total. The van der Waals surface area contributed by atoms with Gasteiger partial charge in [0.2, 0.25) is 0 Å². The number of hydrogen-bond acceptors (Lipinski definition) is 7. The van der Waals surface area contributed by atoms with Crippen LogP contribution < -0.4 is 21.1 Å². The Morgan fingerprint density at radius 1 is 1.04 bits per heavy atom. The van der Waals surface area contributed by atoms with Crippen LogP contribution in [0.4, 0.5) is 29.3 Å². The lowest BCUT2D eigenvalue weighted by atomic mass is 10.2. The molecule has 0 bridgehead atoms. The summed E-state index contributed by atoms with van der Waals surface area (Å²) in [6.07, 6.45) is -0.0321. The molecule has 1 saturated heterocycles. The number of imidazole rings is 1. The van der Waals surface area contributed by atoms with E-state index in [1.807, 2.05) is 18.7 Å². The van der Waals surface area contributed by atoms with E-state index in [1.54, 1.807) is 32.4 Å². The van der Waals surface area contributed by atoms with Gasteiger partial charge in [-0.2, -0.15) is 9.78 Å². The Bertz CT molecular complexity index is 1840. The topological polar surface area (TPSA) is 123 Å². The maximum Gasteiger partial charge on any atom is 0.407 e. The third kappa shape index (κ3) is 6.35. The van der Waals surface area contributed by atoms with Gasteiger partial charge in [0.15, 0.2) is 17.5 Å². The van der Waals surface area contributed by atoms with E-state index in [1.165, 1.54) is 6.07 Å². The summed E-state index contributed by atoms with van der Waals surface area (Å²) in [5.41, 5.74) is -1.61. The number of ether oxygens (including phenoxy) is 1. The number of nitrogens with one attached hydrogen (secondary N) is 2. The Kier molecular flexibility index (Phi) is 8.34. The Morgan fingerprint density at radius 3 is 2.38 bits per heavy atom. The molecule has 2 aromatic heterocycles. The first-order chi connectivity index (χ1) is 21.1. The number of halogens is 3. The van der Waals surface area contributed by atoms with Crippen molar-refractivity contribution in [2.45, 2.75) is 58.6 Å². The minimum Gasteiger partial charge on any atom is -0.444 e. The number of rotatable bonds is 6. The van der Waals surface area contributed by atoms with E-state index in [4.69, 9.17) is 9.72 Å². The highest BCUT2D eigenvalue weighted by molar-refractivity contribution is 6.08. The molecule has 0 spiro atoms. The van der Waals surface area contributed by atoms with Crippen molar-refractivity contribution in [2.24, 2.45) is 7.05 Å². The molecule has 1 aliphatic rings. The van der Waals surface area contributed by atoms with Crippen LogP contribution in [0.3, 0.4) is 0 Å². The zero-order chi connectivity index (χ0) is 32.8. The zero-order valence-corrected chi connectivity index (χ0v) is 25.7. The van der Waals surface area contributed by atoms with Crippen LogP contribution in [0.25, 0.3) is 16.7 Å². The molecule has 1 atom stereocenters. The highest BCUT2D eigenvalue weighted by Gasteiger charge is 2.32. The fourth-order valence-corrected chi connectivity index (χ4v) is 5.40. The second kappa shape index (κ2) is 11.9. The number of alkyl carbamates (subject to hydrolysis) is 1. The summed E-state index contributed by atoms with van der Waals surface area (Å²) in [6.45, 7) is 9.89. The molecule has 3 heterocycles. The first kappa shape index (κ1) is 31.5. The molecule has 0 unspecified atom stereocenters. The van der Waals surface area contributed by atoms with Gasteiger partial charge >= 0.3 is 6.09 Å². The van der Waals surface area contributed by atoms with Gasteiger partial charge in [-0.15, -0.1) is 0 Å². The summed E-state index contributed by atoms with van der Waals surface area (Å²) in [5, 5.41) is 9.43. The smallest absolute Gasteiger partial charge is 0.407 e.